The molecule has 0 bridgehead atoms. The van der Waals surface area contributed by atoms with E-state index >= 15 is 0 Å². The van der Waals surface area contributed by atoms with Crippen molar-refractivity contribution in [3.63, 3.8) is 0 Å². The maximum absolute atomic E-state index is 12.4. The molecule has 2 nitrogen and oxygen atoms in total. The minimum atomic E-state index is -2.76. The van der Waals surface area contributed by atoms with E-state index in [0.29, 0.717) is 5.75 Å². The number of halogens is 2. The third-order valence-electron chi connectivity index (χ3n) is 3.73. The summed E-state index contributed by atoms with van der Waals surface area (Å²) in [6.45, 7) is 0.376. The van der Waals surface area contributed by atoms with Crippen molar-refractivity contribution in [2.24, 2.45) is 0 Å². The van der Waals surface area contributed by atoms with Crippen LogP contribution in [0.15, 0.2) is 24.3 Å². The topological polar surface area (TPSA) is 21.3 Å². The van der Waals surface area contributed by atoms with Gasteiger partial charge in [-0.1, -0.05) is 25.1 Å². The lowest BCUT2D eigenvalue weighted by Crippen LogP contribution is -2.41. The van der Waals surface area contributed by atoms with Crippen LogP contribution < -0.4 is 10.1 Å². The molecular weight excluding hydrogens is 236 g/mol. The number of nitrogens with one attached hydrogen (secondary N) is 1. The predicted octanol–water partition coefficient (Wildman–Crippen LogP) is 3.36. The average Bonchev–Trinajstić information content (AvgIpc) is 2.80. The molecule has 0 saturated carbocycles. The van der Waals surface area contributed by atoms with Crippen LogP contribution in [0.25, 0.3) is 0 Å². The summed E-state index contributed by atoms with van der Waals surface area (Å²) in [5.41, 5.74) is 0.899. The van der Waals surface area contributed by atoms with Crippen LogP contribution in [0.1, 0.15) is 31.7 Å². The summed E-state index contributed by atoms with van der Waals surface area (Å²) >= 11 is 0. The second kappa shape index (κ2) is 5.65. The highest BCUT2D eigenvalue weighted by Crippen LogP contribution is 2.31. The van der Waals surface area contributed by atoms with Gasteiger partial charge in [0.05, 0.1) is 0 Å². The molecule has 0 radical (unpaired) electrons. The molecule has 1 aromatic rings. The molecule has 0 amide bonds. The van der Waals surface area contributed by atoms with Gasteiger partial charge in [0.2, 0.25) is 0 Å². The van der Waals surface area contributed by atoms with Gasteiger partial charge in [-0.3, -0.25) is 0 Å². The molecule has 4 heteroatoms. The lowest BCUT2D eigenvalue weighted by atomic mass is 9.86. The number of ether oxygens (including phenoxy) is 1. The first-order chi connectivity index (χ1) is 8.65. The maximum atomic E-state index is 12.4. The van der Waals surface area contributed by atoms with Gasteiger partial charge in [-0.25, -0.2) is 0 Å². The Labute approximate surface area is 106 Å². The van der Waals surface area contributed by atoms with Gasteiger partial charge in [0, 0.05) is 5.54 Å². The Kier molecular flexibility index (Phi) is 4.17. The Morgan fingerprint density at radius 3 is 2.78 bits per heavy atom. The monoisotopic (exact) mass is 255 g/mol. The summed E-state index contributed by atoms with van der Waals surface area (Å²) in [4.78, 5) is 0. The smallest absolute Gasteiger partial charge is 0.387 e. The zero-order chi connectivity index (χ0) is 13.0. The van der Waals surface area contributed by atoms with Crippen molar-refractivity contribution in [2.45, 2.75) is 44.8 Å². The summed E-state index contributed by atoms with van der Waals surface area (Å²) in [6.07, 6.45) is 3.97. The Morgan fingerprint density at radius 1 is 1.39 bits per heavy atom. The summed E-state index contributed by atoms with van der Waals surface area (Å²) in [5, 5.41) is 3.51. The molecule has 1 aromatic carbocycles. The largest absolute Gasteiger partial charge is 0.435 e. The first-order valence-electron chi connectivity index (χ1n) is 6.43. The number of rotatable bonds is 5. The molecule has 0 spiro atoms. The zero-order valence-corrected chi connectivity index (χ0v) is 10.6. The predicted molar refractivity (Wildman–Crippen MR) is 67.0 cm³/mol. The third kappa shape index (κ3) is 2.99. The van der Waals surface area contributed by atoms with Gasteiger partial charge in [-0.2, -0.15) is 8.78 Å². The highest BCUT2D eigenvalue weighted by Gasteiger charge is 2.32. The molecule has 1 saturated heterocycles. The normalized spacial score (nSPS) is 23.6. The molecule has 1 N–H and O–H groups in total. The number of hydrogen-bond acceptors (Lipinski definition) is 2. The average molecular weight is 255 g/mol. The van der Waals surface area contributed by atoms with E-state index in [9.17, 15) is 8.78 Å². The van der Waals surface area contributed by atoms with Crippen LogP contribution in [0.3, 0.4) is 0 Å². The number of benzene rings is 1. The summed E-state index contributed by atoms with van der Waals surface area (Å²) in [5.74, 6) is 0.300. The lowest BCUT2D eigenvalue weighted by molar-refractivity contribution is -0.0506. The first-order valence-corrected chi connectivity index (χ1v) is 6.43. The van der Waals surface area contributed by atoms with Gasteiger partial charge in [0.25, 0.3) is 0 Å². The van der Waals surface area contributed by atoms with Gasteiger partial charge in [0.1, 0.15) is 5.75 Å². The second-order valence-corrected chi connectivity index (χ2v) is 4.83. The fraction of sp³-hybridized carbons (Fsp3) is 0.571. The van der Waals surface area contributed by atoms with Gasteiger partial charge in [-0.05, 0) is 43.9 Å². The van der Waals surface area contributed by atoms with Crippen molar-refractivity contribution in [3.05, 3.63) is 29.8 Å². The Morgan fingerprint density at radius 2 is 2.17 bits per heavy atom. The molecule has 18 heavy (non-hydrogen) atoms. The SMILES string of the molecule is CCC1(Cc2ccccc2OC(F)F)CCCN1. The van der Waals surface area contributed by atoms with Crippen LogP contribution in [0.5, 0.6) is 5.75 Å². The van der Waals surface area contributed by atoms with Crippen molar-refractivity contribution in [1.29, 1.82) is 0 Å². The molecule has 100 valence electrons. The van der Waals surface area contributed by atoms with E-state index in [1.54, 1.807) is 12.1 Å². The van der Waals surface area contributed by atoms with Crippen LogP contribution in [-0.4, -0.2) is 18.7 Å². The van der Waals surface area contributed by atoms with Crippen molar-refractivity contribution in [1.82, 2.24) is 5.32 Å². The minimum absolute atomic E-state index is 0.0432. The molecular formula is C14H19F2NO. The van der Waals surface area contributed by atoms with Crippen molar-refractivity contribution in [3.8, 4) is 5.75 Å². The van der Waals surface area contributed by atoms with Crippen LogP contribution in [0.4, 0.5) is 8.78 Å². The Hall–Kier alpha value is -1.16. The molecule has 1 atom stereocenters. The van der Waals surface area contributed by atoms with Crippen molar-refractivity contribution in [2.75, 3.05) is 6.54 Å². The van der Waals surface area contributed by atoms with E-state index < -0.39 is 6.61 Å². The van der Waals surface area contributed by atoms with Crippen molar-refractivity contribution < 1.29 is 13.5 Å². The van der Waals surface area contributed by atoms with Crippen LogP contribution in [-0.2, 0) is 6.42 Å². The van der Waals surface area contributed by atoms with Crippen LogP contribution in [0.2, 0.25) is 0 Å². The fourth-order valence-corrected chi connectivity index (χ4v) is 2.67. The first kappa shape index (κ1) is 13.3. The highest BCUT2D eigenvalue weighted by molar-refractivity contribution is 5.35. The van der Waals surface area contributed by atoms with Gasteiger partial charge in [0.15, 0.2) is 0 Å². The number of hydrogen-bond donors (Lipinski definition) is 1. The maximum Gasteiger partial charge on any atom is 0.387 e. The Bertz CT molecular complexity index is 389. The van der Waals surface area contributed by atoms with Crippen LogP contribution >= 0.6 is 0 Å². The number of para-hydroxylation sites is 1. The van der Waals surface area contributed by atoms with E-state index in [1.807, 2.05) is 12.1 Å². The van der Waals surface area contributed by atoms with E-state index in [4.69, 9.17) is 0 Å². The second-order valence-electron chi connectivity index (χ2n) is 4.83. The quantitative estimate of drug-likeness (QED) is 0.871. The highest BCUT2D eigenvalue weighted by atomic mass is 19.3. The van der Waals surface area contributed by atoms with Gasteiger partial charge >= 0.3 is 6.61 Å². The molecule has 0 aliphatic carbocycles. The zero-order valence-electron chi connectivity index (χ0n) is 10.6. The molecule has 1 aliphatic rings. The molecule has 1 aliphatic heterocycles. The fourth-order valence-electron chi connectivity index (χ4n) is 2.67. The molecule has 1 heterocycles. The van der Waals surface area contributed by atoms with E-state index in [1.165, 1.54) is 0 Å². The third-order valence-corrected chi connectivity index (χ3v) is 3.73. The molecule has 1 fully saturated rings. The summed E-state index contributed by atoms with van der Waals surface area (Å²) < 4.78 is 29.3. The van der Waals surface area contributed by atoms with Gasteiger partial charge < -0.3 is 10.1 Å². The summed E-state index contributed by atoms with van der Waals surface area (Å²) in [6, 6.07) is 7.07. The van der Waals surface area contributed by atoms with Crippen LogP contribution in [0, 0.1) is 0 Å². The lowest BCUT2D eigenvalue weighted by Gasteiger charge is -2.29. The summed E-state index contributed by atoms with van der Waals surface area (Å²) in [7, 11) is 0. The minimum Gasteiger partial charge on any atom is -0.435 e. The van der Waals surface area contributed by atoms with E-state index in [0.717, 1.165) is 37.8 Å². The van der Waals surface area contributed by atoms with Crippen molar-refractivity contribution >= 4 is 0 Å². The Balaban J connectivity index is 2.17. The number of alkyl halides is 2. The van der Waals surface area contributed by atoms with E-state index in [2.05, 4.69) is 17.0 Å². The van der Waals surface area contributed by atoms with Gasteiger partial charge in [-0.15, -0.1) is 0 Å². The standard InChI is InChI=1S/C14H19F2NO/c1-2-14(8-5-9-17-14)10-11-6-3-4-7-12(11)18-13(15)16/h3-4,6-7,13,17H,2,5,8-10H2,1H3. The van der Waals surface area contributed by atoms with E-state index in [-0.39, 0.29) is 5.54 Å². The molecule has 0 aromatic heterocycles. The molecule has 1 unspecified atom stereocenters. The molecule has 2 rings (SSSR count).